The first-order valence-electron chi connectivity index (χ1n) is 8.95. The third-order valence-corrected chi connectivity index (χ3v) is 6.88. The normalized spacial score (nSPS) is 16.2. The highest BCUT2D eigenvalue weighted by atomic mass is 32.2. The summed E-state index contributed by atoms with van der Waals surface area (Å²) in [4.78, 5) is 2.55. The summed E-state index contributed by atoms with van der Waals surface area (Å²) in [7, 11) is 3.32. The molecule has 1 aliphatic carbocycles. The molecule has 0 fully saturated rings. The zero-order valence-electron chi connectivity index (χ0n) is 15.7. The van der Waals surface area contributed by atoms with E-state index in [9.17, 15) is 0 Å². The predicted octanol–water partition coefficient (Wildman–Crippen LogP) is 5.23. The molecule has 7 heteroatoms. The third kappa shape index (κ3) is 3.99. The summed E-state index contributed by atoms with van der Waals surface area (Å²) in [5.74, 6) is 3.66. The van der Waals surface area contributed by atoms with Crippen LogP contribution in [-0.2, 0) is 18.6 Å². The maximum absolute atomic E-state index is 5.91. The smallest absolute Gasteiger partial charge is 0.277 e. The molecule has 2 aromatic heterocycles. The minimum absolute atomic E-state index is 0.564. The molecule has 4 rings (SSSR count). The average molecular weight is 403 g/mol. The van der Waals surface area contributed by atoms with E-state index in [1.807, 2.05) is 18.2 Å². The lowest BCUT2D eigenvalue weighted by Crippen LogP contribution is -2.07. The molecule has 0 saturated carbocycles. The van der Waals surface area contributed by atoms with Crippen LogP contribution in [-0.4, -0.2) is 24.4 Å². The number of ether oxygens (including phenoxy) is 2. The number of rotatable bonds is 6. The van der Waals surface area contributed by atoms with Crippen LogP contribution in [0, 0.1) is 5.92 Å². The zero-order valence-corrected chi connectivity index (χ0v) is 17.3. The van der Waals surface area contributed by atoms with Crippen molar-refractivity contribution in [2.24, 2.45) is 5.92 Å². The number of hydrogen-bond donors (Lipinski definition) is 0. The van der Waals surface area contributed by atoms with E-state index in [1.54, 1.807) is 25.6 Å². The van der Waals surface area contributed by atoms with Gasteiger partial charge in [0.25, 0.3) is 11.1 Å². The summed E-state index contributed by atoms with van der Waals surface area (Å²) < 4.78 is 16.6. The Labute approximate surface area is 167 Å². The molecule has 3 aromatic rings. The van der Waals surface area contributed by atoms with Crippen molar-refractivity contribution in [1.82, 2.24) is 10.2 Å². The monoisotopic (exact) mass is 402 g/mol. The summed E-state index contributed by atoms with van der Waals surface area (Å²) in [5.41, 5.74) is 2.48. The average Bonchev–Trinajstić information content (AvgIpc) is 3.32. The molecule has 1 aliphatic rings. The van der Waals surface area contributed by atoms with Crippen molar-refractivity contribution in [3.63, 3.8) is 0 Å². The van der Waals surface area contributed by atoms with Gasteiger partial charge in [-0.2, -0.15) is 0 Å². The second-order valence-corrected chi connectivity index (χ2v) is 8.81. The van der Waals surface area contributed by atoms with Gasteiger partial charge in [-0.25, -0.2) is 0 Å². The Balaban J connectivity index is 1.48. The summed E-state index contributed by atoms with van der Waals surface area (Å²) in [6.07, 6.45) is 3.57. The Kier molecular flexibility index (Phi) is 5.41. The standard InChI is InChI=1S/C20H22N2O3S2/c1-12-4-7-17-13(8-12)10-18(27-17)19-21-22-20(25-19)26-11-14-9-15(23-2)5-6-16(14)24-3/h5-6,9-10,12H,4,7-8,11H2,1-3H3/t12-/m1/s1. The topological polar surface area (TPSA) is 57.4 Å². The molecular formula is C20H22N2O3S2. The molecule has 0 radical (unpaired) electrons. The minimum Gasteiger partial charge on any atom is -0.497 e. The van der Waals surface area contributed by atoms with E-state index in [1.165, 1.54) is 28.6 Å². The zero-order chi connectivity index (χ0) is 18.8. The Hall–Kier alpha value is -1.99. The fraction of sp³-hybridized carbons (Fsp3) is 0.400. The van der Waals surface area contributed by atoms with Gasteiger partial charge in [0, 0.05) is 16.2 Å². The van der Waals surface area contributed by atoms with Crippen LogP contribution in [0.5, 0.6) is 11.5 Å². The number of thioether (sulfide) groups is 1. The number of aromatic nitrogens is 2. The minimum atomic E-state index is 0.564. The van der Waals surface area contributed by atoms with Crippen LogP contribution < -0.4 is 9.47 Å². The van der Waals surface area contributed by atoms with Crippen LogP contribution in [0.4, 0.5) is 0 Å². The number of nitrogens with zero attached hydrogens (tertiary/aromatic N) is 2. The van der Waals surface area contributed by atoms with Gasteiger partial charge in [-0.1, -0.05) is 18.7 Å². The molecule has 27 heavy (non-hydrogen) atoms. The first-order valence-corrected chi connectivity index (χ1v) is 10.8. The van der Waals surface area contributed by atoms with E-state index in [0.29, 0.717) is 16.9 Å². The highest BCUT2D eigenvalue weighted by Gasteiger charge is 2.21. The van der Waals surface area contributed by atoms with Crippen LogP contribution in [0.3, 0.4) is 0 Å². The van der Waals surface area contributed by atoms with Crippen LogP contribution in [0.1, 0.15) is 29.3 Å². The molecule has 142 valence electrons. The van der Waals surface area contributed by atoms with Gasteiger partial charge in [-0.3, -0.25) is 0 Å². The van der Waals surface area contributed by atoms with Crippen LogP contribution in [0.2, 0.25) is 0 Å². The molecule has 0 amide bonds. The largest absolute Gasteiger partial charge is 0.497 e. The van der Waals surface area contributed by atoms with E-state index in [4.69, 9.17) is 13.9 Å². The Morgan fingerprint density at radius 2 is 2.11 bits per heavy atom. The fourth-order valence-electron chi connectivity index (χ4n) is 3.31. The van der Waals surface area contributed by atoms with Crippen molar-refractivity contribution >= 4 is 23.1 Å². The van der Waals surface area contributed by atoms with E-state index in [2.05, 4.69) is 23.2 Å². The van der Waals surface area contributed by atoms with E-state index in [-0.39, 0.29) is 0 Å². The van der Waals surface area contributed by atoms with Crippen molar-refractivity contribution in [2.75, 3.05) is 14.2 Å². The molecule has 1 aromatic carbocycles. The van der Waals surface area contributed by atoms with Gasteiger partial charge >= 0.3 is 0 Å². The van der Waals surface area contributed by atoms with Crippen LogP contribution >= 0.6 is 23.1 Å². The van der Waals surface area contributed by atoms with Gasteiger partial charge in [-0.15, -0.1) is 21.5 Å². The number of thiophene rings is 1. The lowest BCUT2D eigenvalue weighted by Gasteiger charge is -2.16. The number of fused-ring (bicyclic) bond motifs is 1. The molecule has 0 spiro atoms. The molecular weight excluding hydrogens is 380 g/mol. The lowest BCUT2D eigenvalue weighted by atomic mass is 9.90. The number of hydrogen-bond acceptors (Lipinski definition) is 7. The Morgan fingerprint density at radius 3 is 2.93 bits per heavy atom. The number of benzene rings is 1. The van der Waals surface area contributed by atoms with Gasteiger partial charge in [-0.05, 0) is 55.0 Å². The van der Waals surface area contributed by atoms with E-state index >= 15 is 0 Å². The number of aryl methyl sites for hydroxylation is 1. The van der Waals surface area contributed by atoms with Gasteiger partial charge in [0.2, 0.25) is 0 Å². The predicted molar refractivity (Wildman–Crippen MR) is 108 cm³/mol. The molecule has 0 bridgehead atoms. The molecule has 1 atom stereocenters. The van der Waals surface area contributed by atoms with Gasteiger partial charge in [0.05, 0.1) is 19.1 Å². The maximum Gasteiger partial charge on any atom is 0.277 e. The summed E-state index contributed by atoms with van der Waals surface area (Å²) in [6, 6.07) is 7.99. The van der Waals surface area contributed by atoms with Crippen LogP contribution in [0.25, 0.3) is 10.8 Å². The Bertz CT molecular complexity index is 935. The van der Waals surface area contributed by atoms with Crippen LogP contribution in [0.15, 0.2) is 33.9 Å². The maximum atomic E-state index is 5.91. The van der Waals surface area contributed by atoms with E-state index < -0.39 is 0 Å². The highest BCUT2D eigenvalue weighted by molar-refractivity contribution is 7.98. The second kappa shape index (κ2) is 7.94. The summed E-state index contributed by atoms with van der Waals surface area (Å²) in [5, 5.41) is 9.03. The first-order chi connectivity index (χ1) is 13.2. The molecule has 0 aliphatic heterocycles. The molecule has 2 heterocycles. The fourth-order valence-corrected chi connectivity index (χ4v) is 5.18. The van der Waals surface area contributed by atoms with Crippen molar-refractivity contribution in [3.8, 4) is 22.3 Å². The van der Waals surface area contributed by atoms with Crippen molar-refractivity contribution < 1.29 is 13.9 Å². The molecule has 5 nitrogen and oxygen atoms in total. The van der Waals surface area contributed by atoms with Gasteiger partial charge < -0.3 is 13.9 Å². The van der Waals surface area contributed by atoms with Crippen molar-refractivity contribution in [3.05, 3.63) is 40.3 Å². The molecule has 0 saturated heterocycles. The highest BCUT2D eigenvalue weighted by Crippen LogP contribution is 2.38. The molecule has 0 N–H and O–H groups in total. The second-order valence-electron chi connectivity index (χ2n) is 6.75. The lowest BCUT2D eigenvalue weighted by molar-refractivity contribution is 0.400. The Morgan fingerprint density at radius 1 is 1.22 bits per heavy atom. The van der Waals surface area contributed by atoms with Crippen molar-refractivity contribution in [2.45, 2.75) is 37.2 Å². The quantitative estimate of drug-likeness (QED) is 0.526. The molecule has 0 unspecified atom stereocenters. The SMILES string of the molecule is COc1ccc(OC)c(CSc2nnc(-c3cc4c(s3)CC[C@@H](C)C4)o2)c1. The van der Waals surface area contributed by atoms with E-state index in [0.717, 1.165) is 40.7 Å². The van der Waals surface area contributed by atoms with Crippen molar-refractivity contribution in [1.29, 1.82) is 0 Å². The first kappa shape index (κ1) is 18.4. The van der Waals surface area contributed by atoms with Gasteiger partial charge in [0.15, 0.2) is 0 Å². The summed E-state index contributed by atoms with van der Waals surface area (Å²) >= 11 is 3.29. The van der Waals surface area contributed by atoms with Gasteiger partial charge in [0.1, 0.15) is 11.5 Å². The third-order valence-electron chi connectivity index (χ3n) is 4.79. The number of methoxy groups -OCH3 is 2. The summed E-state index contributed by atoms with van der Waals surface area (Å²) in [6.45, 7) is 2.31.